The van der Waals surface area contributed by atoms with Crippen LogP contribution in [0.2, 0.25) is 0 Å². The van der Waals surface area contributed by atoms with Crippen molar-refractivity contribution in [3.63, 3.8) is 0 Å². The fourth-order valence-corrected chi connectivity index (χ4v) is 3.69. The summed E-state index contributed by atoms with van der Waals surface area (Å²) in [5, 5.41) is 3.66. The Balaban J connectivity index is 2.07. The molecular weight excluding hydrogens is 324 g/mol. The van der Waals surface area contributed by atoms with Crippen LogP contribution in [-0.2, 0) is 0 Å². The molecule has 0 unspecified atom stereocenters. The molecule has 0 spiro atoms. The van der Waals surface area contributed by atoms with Crippen LogP contribution in [0.3, 0.4) is 0 Å². The van der Waals surface area contributed by atoms with Crippen LogP contribution in [0.1, 0.15) is 41.0 Å². The van der Waals surface area contributed by atoms with Crippen LogP contribution < -0.4 is 10.1 Å². The molecule has 0 aliphatic heterocycles. The van der Waals surface area contributed by atoms with Crippen molar-refractivity contribution in [1.82, 2.24) is 14.4 Å². The lowest BCUT2D eigenvalue weighted by Crippen LogP contribution is -2.35. The molecule has 0 amide bonds. The minimum Gasteiger partial charge on any atom is -0.497 e. The molecule has 0 atom stereocenters. The van der Waals surface area contributed by atoms with Crippen molar-refractivity contribution in [2.45, 2.75) is 46.6 Å². The number of methoxy groups -OCH3 is 1. The van der Waals surface area contributed by atoms with Gasteiger partial charge in [-0.15, -0.1) is 0 Å². The van der Waals surface area contributed by atoms with Crippen molar-refractivity contribution in [3.8, 4) is 17.0 Å². The molecule has 5 heteroatoms. The molecular formula is C21H28N4O. The third-order valence-electron chi connectivity index (χ3n) is 4.20. The van der Waals surface area contributed by atoms with E-state index in [9.17, 15) is 0 Å². The van der Waals surface area contributed by atoms with E-state index in [2.05, 4.69) is 57.1 Å². The monoisotopic (exact) mass is 352 g/mol. The van der Waals surface area contributed by atoms with Gasteiger partial charge in [0.05, 0.1) is 12.8 Å². The molecule has 0 aliphatic carbocycles. The molecule has 1 N–H and O–H groups in total. The van der Waals surface area contributed by atoms with E-state index in [-0.39, 0.29) is 11.0 Å². The van der Waals surface area contributed by atoms with Gasteiger partial charge >= 0.3 is 0 Å². The fourth-order valence-electron chi connectivity index (χ4n) is 3.69. The van der Waals surface area contributed by atoms with Crippen LogP contribution in [-0.4, -0.2) is 27.0 Å². The Bertz CT molecular complexity index is 889. The summed E-state index contributed by atoms with van der Waals surface area (Å²) in [6.45, 7) is 11.2. The first kappa shape index (κ1) is 18.2. The molecule has 0 radical (unpaired) electrons. The minimum absolute atomic E-state index is 0.0998. The summed E-state index contributed by atoms with van der Waals surface area (Å²) in [4.78, 5) is 9.17. The maximum absolute atomic E-state index is 5.29. The summed E-state index contributed by atoms with van der Waals surface area (Å²) in [6, 6.07) is 9.96. The minimum atomic E-state index is -0.0998. The van der Waals surface area contributed by atoms with Crippen LogP contribution in [0.25, 0.3) is 17.0 Å². The number of fused-ring (bicyclic) bond motifs is 1. The molecule has 26 heavy (non-hydrogen) atoms. The second-order valence-corrected chi connectivity index (χ2v) is 8.57. The molecule has 5 nitrogen and oxygen atoms in total. The number of imidazole rings is 1. The third kappa shape index (κ3) is 3.98. The van der Waals surface area contributed by atoms with Gasteiger partial charge in [0, 0.05) is 23.5 Å². The first-order valence-corrected chi connectivity index (χ1v) is 8.94. The van der Waals surface area contributed by atoms with Crippen LogP contribution in [0.15, 0.2) is 42.7 Å². The van der Waals surface area contributed by atoms with Gasteiger partial charge in [-0.05, 0) is 56.0 Å². The first-order chi connectivity index (χ1) is 12.2. The maximum atomic E-state index is 5.29. The Hall–Kier alpha value is -2.56. The van der Waals surface area contributed by atoms with Crippen LogP contribution >= 0.6 is 0 Å². The van der Waals surface area contributed by atoms with Crippen molar-refractivity contribution in [2.75, 3.05) is 12.4 Å². The summed E-state index contributed by atoms with van der Waals surface area (Å²) in [5.41, 5.74) is 2.20. The molecule has 2 aromatic heterocycles. The van der Waals surface area contributed by atoms with E-state index >= 15 is 0 Å². The highest BCUT2D eigenvalue weighted by Crippen LogP contribution is 2.34. The Kier molecular flexibility index (Phi) is 4.65. The zero-order valence-electron chi connectivity index (χ0n) is 16.5. The number of anilines is 1. The van der Waals surface area contributed by atoms with Gasteiger partial charge in [-0.1, -0.05) is 20.8 Å². The van der Waals surface area contributed by atoms with Crippen LogP contribution in [0, 0.1) is 5.41 Å². The Labute approximate surface area is 155 Å². The van der Waals surface area contributed by atoms with Gasteiger partial charge in [-0.25, -0.2) is 4.98 Å². The predicted octanol–water partition coefficient (Wildman–Crippen LogP) is 5.03. The van der Waals surface area contributed by atoms with E-state index in [1.54, 1.807) is 13.3 Å². The lowest BCUT2D eigenvalue weighted by molar-refractivity contribution is 0.302. The molecule has 3 rings (SSSR count). The topological polar surface area (TPSA) is 51.5 Å². The zero-order valence-corrected chi connectivity index (χ0v) is 16.5. The average Bonchev–Trinajstić information content (AvgIpc) is 2.89. The molecule has 0 bridgehead atoms. The molecule has 138 valence electrons. The smallest absolute Gasteiger partial charge is 0.236 e. The SMILES string of the molecule is COc1ccc(-c2c(NC(C)(C)CC(C)(C)C)nc3ncccn23)cc1. The van der Waals surface area contributed by atoms with Gasteiger partial charge in [0.15, 0.2) is 5.82 Å². The predicted molar refractivity (Wildman–Crippen MR) is 107 cm³/mol. The lowest BCUT2D eigenvalue weighted by atomic mass is 9.82. The van der Waals surface area contributed by atoms with E-state index in [0.717, 1.165) is 29.2 Å². The van der Waals surface area contributed by atoms with Gasteiger partial charge < -0.3 is 10.1 Å². The summed E-state index contributed by atoms with van der Waals surface area (Å²) in [6.07, 6.45) is 4.78. The zero-order chi connectivity index (χ0) is 18.9. The van der Waals surface area contributed by atoms with Crippen LogP contribution in [0.5, 0.6) is 5.75 Å². The number of nitrogens with zero attached hydrogens (tertiary/aromatic N) is 3. The van der Waals surface area contributed by atoms with Gasteiger partial charge in [0.2, 0.25) is 5.78 Å². The maximum Gasteiger partial charge on any atom is 0.236 e. The number of benzene rings is 1. The number of hydrogen-bond acceptors (Lipinski definition) is 4. The lowest BCUT2D eigenvalue weighted by Gasteiger charge is -2.33. The van der Waals surface area contributed by atoms with Crippen molar-refractivity contribution in [2.24, 2.45) is 5.41 Å². The molecule has 2 heterocycles. The number of hydrogen-bond donors (Lipinski definition) is 1. The number of aromatic nitrogens is 3. The first-order valence-electron chi connectivity index (χ1n) is 8.94. The molecule has 1 aromatic carbocycles. The Morgan fingerprint density at radius 2 is 1.77 bits per heavy atom. The standard InChI is InChI=1S/C21H28N4O/c1-20(2,3)14-21(4,5)24-18-17(15-8-10-16(26-6)11-9-15)25-13-7-12-22-19(25)23-18/h7-13,24H,14H2,1-6H3. The highest BCUT2D eigenvalue weighted by atomic mass is 16.5. The number of nitrogens with one attached hydrogen (secondary N) is 1. The number of ether oxygens (including phenoxy) is 1. The third-order valence-corrected chi connectivity index (χ3v) is 4.20. The summed E-state index contributed by atoms with van der Waals surface area (Å²) >= 11 is 0. The van der Waals surface area contributed by atoms with Crippen LogP contribution in [0.4, 0.5) is 5.82 Å². The van der Waals surface area contributed by atoms with Gasteiger partial charge in [0.25, 0.3) is 0 Å². The van der Waals surface area contributed by atoms with Crippen molar-refractivity contribution < 1.29 is 4.74 Å². The highest BCUT2D eigenvalue weighted by Gasteiger charge is 2.28. The Morgan fingerprint density at radius 1 is 1.08 bits per heavy atom. The van der Waals surface area contributed by atoms with Gasteiger partial charge in [-0.2, -0.15) is 4.98 Å². The van der Waals surface area contributed by atoms with E-state index in [1.807, 2.05) is 28.8 Å². The molecule has 3 aromatic rings. The van der Waals surface area contributed by atoms with Crippen molar-refractivity contribution in [1.29, 1.82) is 0 Å². The van der Waals surface area contributed by atoms with Crippen molar-refractivity contribution in [3.05, 3.63) is 42.7 Å². The highest BCUT2D eigenvalue weighted by molar-refractivity contribution is 5.76. The average molecular weight is 352 g/mol. The quantitative estimate of drug-likeness (QED) is 0.699. The van der Waals surface area contributed by atoms with Crippen molar-refractivity contribution >= 4 is 11.6 Å². The molecule has 0 fully saturated rings. The fraction of sp³-hybridized carbons (Fsp3) is 0.429. The van der Waals surface area contributed by atoms with Gasteiger partial charge in [0.1, 0.15) is 5.75 Å². The van der Waals surface area contributed by atoms with E-state index in [4.69, 9.17) is 9.72 Å². The van der Waals surface area contributed by atoms with E-state index < -0.39 is 0 Å². The normalized spacial score (nSPS) is 12.4. The largest absolute Gasteiger partial charge is 0.497 e. The molecule has 0 saturated heterocycles. The van der Waals surface area contributed by atoms with E-state index in [1.165, 1.54) is 0 Å². The Morgan fingerprint density at radius 3 is 2.38 bits per heavy atom. The molecule has 0 aliphatic rings. The second-order valence-electron chi connectivity index (χ2n) is 8.57. The van der Waals surface area contributed by atoms with Gasteiger partial charge in [-0.3, -0.25) is 4.40 Å². The second kappa shape index (κ2) is 6.63. The van der Waals surface area contributed by atoms with E-state index in [0.29, 0.717) is 5.78 Å². The number of rotatable bonds is 5. The summed E-state index contributed by atoms with van der Waals surface area (Å²) in [5.74, 6) is 2.37. The molecule has 0 saturated carbocycles. The summed E-state index contributed by atoms with van der Waals surface area (Å²) < 4.78 is 7.31. The summed E-state index contributed by atoms with van der Waals surface area (Å²) in [7, 11) is 1.68.